The number of hydrogen-bond donors (Lipinski definition) is 1. The van der Waals surface area contributed by atoms with Crippen LogP contribution < -0.4 is 10.2 Å². The summed E-state index contributed by atoms with van der Waals surface area (Å²) in [7, 11) is 1.94. The average Bonchev–Trinajstić information content (AvgIpc) is 2.97. The van der Waals surface area contributed by atoms with Crippen molar-refractivity contribution in [1.82, 2.24) is 0 Å². The highest BCUT2D eigenvalue weighted by Gasteiger charge is 2.12. The summed E-state index contributed by atoms with van der Waals surface area (Å²) in [5.41, 5.74) is 2.95. The first-order valence-electron chi connectivity index (χ1n) is 6.85. The summed E-state index contributed by atoms with van der Waals surface area (Å²) >= 11 is 1.65. The number of benzene rings is 1. The van der Waals surface area contributed by atoms with Crippen LogP contribution in [0, 0.1) is 10.1 Å². The minimum absolute atomic E-state index is 0.114. The largest absolute Gasteiger partial charge is 0.385 e. The van der Waals surface area contributed by atoms with Crippen LogP contribution in [0.3, 0.4) is 0 Å². The maximum absolute atomic E-state index is 11.1. The second-order valence-electron chi connectivity index (χ2n) is 4.91. The van der Waals surface area contributed by atoms with Gasteiger partial charge in [0.05, 0.1) is 4.92 Å². The summed E-state index contributed by atoms with van der Waals surface area (Å²) in [5, 5.41) is 18.4. The predicted molar refractivity (Wildman–Crippen MR) is 88.3 cm³/mol. The van der Waals surface area contributed by atoms with Gasteiger partial charge in [0, 0.05) is 43.6 Å². The van der Waals surface area contributed by atoms with Crippen LogP contribution in [-0.2, 0) is 6.54 Å². The molecule has 0 aliphatic rings. The highest BCUT2D eigenvalue weighted by atomic mass is 32.1. The highest BCUT2D eigenvalue weighted by Crippen LogP contribution is 2.27. The maximum Gasteiger partial charge on any atom is 0.273 e. The third-order valence-electron chi connectivity index (χ3n) is 3.13. The van der Waals surface area contributed by atoms with Crippen LogP contribution in [0.4, 0.5) is 17.1 Å². The molecule has 112 valence electrons. The number of non-ortho nitro benzene ring substituents is 1. The van der Waals surface area contributed by atoms with E-state index in [0.29, 0.717) is 0 Å². The molecule has 0 aliphatic heterocycles. The van der Waals surface area contributed by atoms with E-state index < -0.39 is 0 Å². The molecule has 2 aromatic rings. The first kappa shape index (κ1) is 15.3. The molecule has 1 heterocycles. The van der Waals surface area contributed by atoms with E-state index in [1.807, 2.05) is 23.4 Å². The standard InChI is InChI=1S/C15H19N3O2S/c1-3-5-16-13-7-14(9-15(8-13)18(19)20)17(2)10-12-4-6-21-11-12/h4,6-9,11,16H,3,5,10H2,1-2H3. The first-order valence-corrected chi connectivity index (χ1v) is 7.80. The normalized spacial score (nSPS) is 10.4. The monoisotopic (exact) mass is 305 g/mol. The summed E-state index contributed by atoms with van der Waals surface area (Å²) in [4.78, 5) is 12.8. The second-order valence-corrected chi connectivity index (χ2v) is 5.69. The molecule has 21 heavy (non-hydrogen) atoms. The van der Waals surface area contributed by atoms with Crippen molar-refractivity contribution >= 4 is 28.4 Å². The number of nitrogens with one attached hydrogen (secondary N) is 1. The van der Waals surface area contributed by atoms with E-state index in [2.05, 4.69) is 23.7 Å². The Morgan fingerprint density at radius 3 is 2.81 bits per heavy atom. The maximum atomic E-state index is 11.1. The molecule has 0 saturated carbocycles. The second kappa shape index (κ2) is 7.08. The van der Waals surface area contributed by atoms with Crippen molar-refractivity contribution in [3.63, 3.8) is 0 Å². The molecule has 0 unspecified atom stereocenters. The zero-order valence-electron chi connectivity index (χ0n) is 12.2. The van der Waals surface area contributed by atoms with Crippen LogP contribution in [0.15, 0.2) is 35.0 Å². The molecule has 1 aromatic carbocycles. The molecule has 5 nitrogen and oxygen atoms in total. The van der Waals surface area contributed by atoms with Gasteiger partial charge in [-0.05, 0) is 34.9 Å². The summed E-state index contributed by atoms with van der Waals surface area (Å²) < 4.78 is 0. The van der Waals surface area contributed by atoms with Gasteiger partial charge in [0.25, 0.3) is 5.69 Å². The quantitative estimate of drug-likeness (QED) is 0.617. The van der Waals surface area contributed by atoms with Crippen LogP contribution in [0.2, 0.25) is 0 Å². The van der Waals surface area contributed by atoms with E-state index >= 15 is 0 Å². The fraction of sp³-hybridized carbons (Fsp3) is 0.333. The van der Waals surface area contributed by atoms with E-state index in [1.54, 1.807) is 23.5 Å². The lowest BCUT2D eigenvalue weighted by molar-refractivity contribution is -0.384. The van der Waals surface area contributed by atoms with Crippen LogP contribution >= 0.6 is 11.3 Å². The van der Waals surface area contributed by atoms with Crippen LogP contribution in [0.25, 0.3) is 0 Å². The smallest absolute Gasteiger partial charge is 0.273 e. The van der Waals surface area contributed by atoms with Crippen LogP contribution in [0.5, 0.6) is 0 Å². The van der Waals surface area contributed by atoms with Gasteiger partial charge in [0.2, 0.25) is 0 Å². The van der Waals surface area contributed by atoms with E-state index in [4.69, 9.17) is 0 Å². The lowest BCUT2D eigenvalue weighted by atomic mass is 10.2. The Kier molecular flexibility index (Phi) is 5.16. The summed E-state index contributed by atoms with van der Waals surface area (Å²) in [6, 6.07) is 7.21. The molecule has 0 saturated heterocycles. The summed E-state index contributed by atoms with van der Waals surface area (Å²) in [5.74, 6) is 0. The van der Waals surface area contributed by atoms with Gasteiger partial charge in [0.1, 0.15) is 0 Å². The minimum Gasteiger partial charge on any atom is -0.385 e. The molecule has 0 amide bonds. The number of rotatable bonds is 7. The molecule has 0 spiro atoms. The van der Waals surface area contributed by atoms with E-state index in [9.17, 15) is 10.1 Å². The molecular formula is C15H19N3O2S. The fourth-order valence-electron chi connectivity index (χ4n) is 2.04. The molecule has 6 heteroatoms. The number of hydrogen-bond acceptors (Lipinski definition) is 5. The van der Waals surface area contributed by atoms with Crippen molar-refractivity contribution in [3.05, 3.63) is 50.7 Å². The molecule has 2 rings (SSSR count). The van der Waals surface area contributed by atoms with Crippen molar-refractivity contribution in [2.75, 3.05) is 23.8 Å². The number of nitro benzene ring substituents is 1. The Morgan fingerprint density at radius 1 is 1.38 bits per heavy atom. The van der Waals surface area contributed by atoms with Gasteiger partial charge in [-0.1, -0.05) is 6.92 Å². The molecule has 0 atom stereocenters. The van der Waals surface area contributed by atoms with Gasteiger partial charge in [-0.2, -0.15) is 11.3 Å². The fourth-order valence-corrected chi connectivity index (χ4v) is 2.70. The molecule has 0 radical (unpaired) electrons. The Balaban J connectivity index is 2.23. The Hall–Kier alpha value is -2.08. The van der Waals surface area contributed by atoms with Gasteiger partial charge < -0.3 is 10.2 Å². The minimum atomic E-state index is -0.348. The molecular weight excluding hydrogens is 286 g/mol. The molecule has 1 aromatic heterocycles. The number of nitrogens with zero attached hydrogens (tertiary/aromatic N) is 2. The van der Waals surface area contributed by atoms with Crippen molar-refractivity contribution < 1.29 is 4.92 Å². The predicted octanol–water partition coefficient (Wildman–Crippen LogP) is 4.11. The van der Waals surface area contributed by atoms with Crippen molar-refractivity contribution in [3.8, 4) is 0 Å². The third kappa shape index (κ3) is 4.19. The van der Waals surface area contributed by atoms with Crippen molar-refractivity contribution in [2.24, 2.45) is 0 Å². The molecule has 0 fully saturated rings. The lowest BCUT2D eigenvalue weighted by Gasteiger charge is -2.19. The highest BCUT2D eigenvalue weighted by molar-refractivity contribution is 7.07. The van der Waals surface area contributed by atoms with E-state index in [-0.39, 0.29) is 10.6 Å². The third-order valence-corrected chi connectivity index (χ3v) is 3.87. The topological polar surface area (TPSA) is 58.4 Å². The van der Waals surface area contributed by atoms with Gasteiger partial charge >= 0.3 is 0 Å². The zero-order chi connectivity index (χ0) is 15.2. The average molecular weight is 305 g/mol. The number of nitro groups is 1. The van der Waals surface area contributed by atoms with E-state index in [1.165, 1.54) is 5.56 Å². The number of thiophene rings is 1. The Labute approximate surface area is 128 Å². The van der Waals surface area contributed by atoms with Crippen LogP contribution in [-0.4, -0.2) is 18.5 Å². The number of anilines is 2. The van der Waals surface area contributed by atoms with Crippen molar-refractivity contribution in [1.29, 1.82) is 0 Å². The first-order chi connectivity index (χ1) is 10.1. The van der Waals surface area contributed by atoms with Crippen LogP contribution in [0.1, 0.15) is 18.9 Å². The molecule has 1 N–H and O–H groups in total. The van der Waals surface area contributed by atoms with Gasteiger partial charge in [-0.25, -0.2) is 0 Å². The van der Waals surface area contributed by atoms with Crippen molar-refractivity contribution in [2.45, 2.75) is 19.9 Å². The zero-order valence-corrected chi connectivity index (χ0v) is 13.0. The summed E-state index contributed by atoms with van der Waals surface area (Å²) in [6.07, 6.45) is 0.975. The lowest BCUT2D eigenvalue weighted by Crippen LogP contribution is -2.16. The Morgan fingerprint density at radius 2 is 2.19 bits per heavy atom. The molecule has 0 bridgehead atoms. The van der Waals surface area contributed by atoms with Gasteiger partial charge in [-0.3, -0.25) is 10.1 Å². The SMILES string of the molecule is CCCNc1cc(N(C)Cc2ccsc2)cc([N+](=O)[O-])c1. The van der Waals surface area contributed by atoms with E-state index in [0.717, 1.165) is 30.9 Å². The van der Waals surface area contributed by atoms with Gasteiger partial charge in [0.15, 0.2) is 0 Å². The Bertz CT molecular complexity index is 599. The van der Waals surface area contributed by atoms with Gasteiger partial charge in [-0.15, -0.1) is 0 Å². The molecule has 0 aliphatic carbocycles. The summed E-state index contributed by atoms with van der Waals surface area (Å²) in [6.45, 7) is 3.60.